The molecular weight excluding hydrogens is 393 g/mol. The summed E-state index contributed by atoms with van der Waals surface area (Å²) in [5.41, 5.74) is 1.68. The zero-order valence-corrected chi connectivity index (χ0v) is 19.5. The van der Waals surface area contributed by atoms with Gasteiger partial charge in [0.05, 0.1) is 0 Å². The minimum absolute atomic E-state index is 0.580. The van der Waals surface area contributed by atoms with E-state index in [9.17, 15) is 0 Å². The molecular formula is C23H30AsNSi. The first kappa shape index (κ1) is 19.4. The van der Waals surface area contributed by atoms with Crippen molar-refractivity contribution in [1.29, 1.82) is 0 Å². The molecule has 1 atom stereocenters. The molecule has 0 saturated carbocycles. The number of hydrogen-bond donors (Lipinski definition) is 0. The number of hydrogen-bond acceptors (Lipinski definition) is 1. The van der Waals surface area contributed by atoms with E-state index in [0.717, 1.165) is 6.54 Å². The Kier molecular flexibility index (Phi) is 6.07. The molecule has 0 saturated heterocycles. The molecule has 0 amide bonds. The topological polar surface area (TPSA) is 3.24 Å². The normalized spacial score (nSPS) is 17.6. The zero-order valence-electron chi connectivity index (χ0n) is 16.6. The average molecular weight is 424 g/mol. The Morgan fingerprint density at radius 1 is 0.846 bits per heavy atom. The van der Waals surface area contributed by atoms with Crippen molar-refractivity contribution in [1.82, 2.24) is 4.90 Å². The van der Waals surface area contributed by atoms with Crippen LogP contribution in [0, 0.1) is 0 Å². The van der Waals surface area contributed by atoms with E-state index < -0.39 is 22.7 Å². The van der Waals surface area contributed by atoms with Crippen molar-refractivity contribution in [2.75, 3.05) is 20.6 Å². The monoisotopic (exact) mass is 423 g/mol. The molecule has 1 unspecified atom stereocenters. The van der Waals surface area contributed by atoms with Gasteiger partial charge in [0.1, 0.15) is 0 Å². The van der Waals surface area contributed by atoms with Crippen molar-refractivity contribution in [3.8, 4) is 0 Å². The van der Waals surface area contributed by atoms with E-state index in [1.54, 1.807) is 19.5 Å². The molecule has 0 radical (unpaired) electrons. The molecule has 0 heterocycles. The first-order chi connectivity index (χ1) is 12.4. The molecule has 3 rings (SSSR count). The second kappa shape index (κ2) is 8.13. The molecule has 1 aliphatic rings. The summed E-state index contributed by atoms with van der Waals surface area (Å²) in [6.07, 6.45) is 5.01. The second-order valence-corrected chi connectivity index (χ2v) is 18.2. The van der Waals surface area contributed by atoms with Crippen LogP contribution in [0.3, 0.4) is 0 Å². The predicted octanol–water partition coefficient (Wildman–Crippen LogP) is 3.97. The van der Waals surface area contributed by atoms with Crippen LogP contribution in [0.1, 0.15) is 0 Å². The number of nitrogens with zero attached hydrogens (tertiary/aromatic N) is 1. The van der Waals surface area contributed by atoms with Crippen LogP contribution in [0.2, 0.25) is 24.3 Å². The van der Waals surface area contributed by atoms with Crippen molar-refractivity contribution in [2.45, 2.75) is 24.3 Å². The first-order valence-corrected chi connectivity index (χ1v) is 15.8. The van der Waals surface area contributed by atoms with E-state index in [2.05, 4.69) is 111 Å². The molecule has 2 aromatic rings. The van der Waals surface area contributed by atoms with Gasteiger partial charge in [0.2, 0.25) is 0 Å². The number of allylic oxidation sites excluding steroid dienone is 3. The summed E-state index contributed by atoms with van der Waals surface area (Å²) in [5.74, 6) is 0. The number of likely N-dealkylation sites (N-methyl/N-ethyl adjacent to an activating group) is 1. The van der Waals surface area contributed by atoms with Gasteiger partial charge in [-0.25, -0.2) is 0 Å². The molecule has 136 valence electrons. The Morgan fingerprint density at radius 2 is 1.35 bits per heavy atom. The molecule has 0 N–H and O–H groups in total. The van der Waals surface area contributed by atoms with Gasteiger partial charge in [0, 0.05) is 0 Å². The summed E-state index contributed by atoms with van der Waals surface area (Å²) in [6, 6.07) is 22.5. The Hall–Kier alpha value is -1.34. The Morgan fingerprint density at radius 3 is 1.77 bits per heavy atom. The summed E-state index contributed by atoms with van der Waals surface area (Å²) in [5, 5.41) is 1.67. The van der Waals surface area contributed by atoms with Gasteiger partial charge in [-0.2, -0.15) is 0 Å². The average Bonchev–Trinajstić information content (AvgIpc) is 3.00. The van der Waals surface area contributed by atoms with E-state index in [1.165, 1.54) is 0 Å². The zero-order chi connectivity index (χ0) is 18.7. The Bertz CT molecular complexity index is 748. The molecule has 0 aliphatic heterocycles. The molecule has 2 aromatic carbocycles. The third kappa shape index (κ3) is 4.31. The molecule has 0 fully saturated rings. The third-order valence-corrected chi connectivity index (χ3v) is 12.7. The summed E-state index contributed by atoms with van der Waals surface area (Å²) in [4.78, 5) is 2.35. The van der Waals surface area contributed by atoms with Gasteiger partial charge >= 0.3 is 165 Å². The van der Waals surface area contributed by atoms with Gasteiger partial charge in [0.25, 0.3) is 0 Å². The Labute approximate surface area is 164 Å². The predicted molar refractivity (Wildman–Crippen MR) is 120 cm³/mol. The van der Waals surface area contributed by atoms with Crippen molar-refractivity contribution >= 4 is 31.4 Å². The molecule has 26 heavy (non-hydrogen) atoms. The van der Waals surface area contributed by atoms with E-state index >= 15 is 0 Å². The Balaban J connectivity index is 2.12. The van der Waals surface area contributed by atoms with Gasteiger partial charge in [-0.3, -0.25) is 0 Å². The summed E-state index contributed by atoms with van der Waals surface area (Å²) >= 11 is -1.47. The third-order valence-electron chi connectivity index (χ3n) is 4.79. The van der Waals surface area contributed by atoms with Crippen LogP contribution in [0.5, 0.6) is 0 Å². The summed E-state index contributed by atoms with van der Waals surface area (Å²) < 4.78 is 3.68. The van der Waals surface area contributed by atoms with Crippen molar-refractivity contribution in [2.24, 2.45) is 0 Å². The van der Waals surface area contributed by atoms with Gasteiger partial charge in [0.15, 0.2) is 0 Å². The standard InChI is InChI=1S/C23H30AsNSi/c1-25(2)18-21-22(16-17-23(21)26(3,4)5)24(19-12-8-6-9-13-19)20-14-10-7-11-15-20/h6-17,22H,18H2,1-5H3. The maximum absolute atomic E-state index is 2.53. The molecule has 0 aromatic heterocycles. The van der Waals surface area contributed by atoms with E-state index in [1.807, 2.05) is 0 Å². The van der Waals surface area contributed by atoms with Gasteiger partial charge in [-0.05, 0) is 0 Å². The van der Waals surface area contributed by atoms with Crippen LogP contribution in [-0.2, 0) is 0 Å². The summed E-state index contributed by atoms with van der Waals surface area (Å²) in [6.45, 7) is 8.51. The van der Waals surface area contributed by atoms with Crippen molar-refractivity contribution < 1.29 is 0 Å². The van der Waals surface area contributed by atoms with Gasteiger partial charge in [-0.15, -0.1) is 0 Å². The van der Waals surface area contributed by atoms with E-state index in [4.69, 9.17) is 0 Å². The summed E-state index contributed by atoms with van der Waals surface area (Å²) in [7, 11) is 3.05. The van der Waals surface area contributed by atoms with Crippen LogP contribution in [0.4, 0.5) is 0 Å². The minimum atomic E-state index is -1.47. The van der Waals surface area contributed by atoms with Crippen LogP contribution >= 0.6 is 0 Å². The van der Waals surface area contributed by atoms with Gasteiger partial charge in [-0.1, -0.05) is 0 Å². The van der Waals surface area contributed by atoms with Crippen LogP contribution in [-0.4, -0.2) is 48.3 Å². The van der Waals surface area contributed by atoms with Crippen LogP contribution in [0.25, 0.3) is 0 Å². The fourth-order valence-electron chi connectivity index (χ4n) is 3.71. The van der Waals surface area contributed by atoms with Crippen LogP contribution < -0.4 is 8.70 Å². The molecule has 1 nitrogen and oxygen atoms in total. The van der Waals surface area contributed by atoms with E-state index in [-0.39, 0.29) is 0 Å². The van der Waals surface area contributed by atoms with Crippen molar-refractivity contribution in [3.05, 3.63) is 83.6 Å². The van der Waals surface area contributed by atoms with Crippen molar-refractivity contribution in [3.63, 3.8) is 0 Å². The molecule has 1 aliphatic carbocycles. The second-order valence-electron chi connectivity index (χ2n) is 8.27. The van der Waals surface area contributed by atoms with Gasteiger partial charge < -0.3 is 0 Å². The fourth-order valence-corrected chi connectivity index (χ4v) is 11.5. The number of benzene rings is 2. The molecule has 3 heteroatoms. The fraction of sp³-hybridized carbons (Fsp3) is 0.304. The first-order valence-electron chi connectivity index (χ1n) is 9.34. The number of rotatable bonds is 6. The quantitative estimate of drug-likeness (QED) is 0.636. The molecule has 0 bridgehead atoms. The van der Waals surface area contributed by atoms with E-state index in [0.29, 0.717) is 4.71 Å². The maximum atomic E-state index is 2.53. The van der Waals surface area contributed by atoms with Crippen LogP contribution in [0.15, 0.2) is 83.6 Å². The molecule has 0 spiro atoms. The SMILES string of the molecule is CN(C)CC1=C([Si](C)(C)C)C=CC1[As](c1ccccc1)c1ccccc1.